The average molecular weight is 322 g/mol. The normalized spacial score (nSPS) is 14.2. The monoisotopic (exact) mass is 322 g/mol. The first-order valence-electron chi connectivity index (χ1n) is 6.35. The highest BCUT2D eigenvalue weighted by atomic mass is 32.2. The second-order valence-electron chi connectivity index (χ2n) is 6.04. The molecule has 0 aliphatic rings. The molecule has 0 aromatic heterocycles. The lowest BCUT2D eigenvalue weighted by Crippen LogP contribution is -2.34. The maximum Gasteiger partial charge on any atom is 0.243 e. The van der Waals surface area contributed by atoms with E-state index in [9.17, 15) is 22.3 Å². The zero-order valence-electron chi connectivity index (χ0n) is 12.2. The molecule has 1 rings (SSSR count). The second kappa shape index (κ2) is 6.25. The Kier molecular flexibility index (Phi) is 5.30. The number of sulfonamides is 1. The van der Waals surface area contributed by atoms with Crippen LogP contribution in [0.1, 0.15) is 27.2 Å². The Hall–Kier alpha value is -1.25. The fraction of sp³-hybridized carbons (Fsp3) is 0.538. The molecule has 0 saturated heterocycles. The highest BCUT2D eigenvalue weighted by molar-refractivity contribution is 7.89. The molecular formula is C13H20F2N2O3S. The van der Waals surface area contributed by atoms with E-state index in [-0.39, 0.29) is 12.0 Å². The van der Waals surface area contributed by atoms with Gasteiger partial charge in [0.25, 0.3) is 0 Å². The molecule has 0 heterocycles. The van der Waals surface area contributed by atoms with Crippen LogP contribution in [0.5, 0.6) is 0 Å². The van der Waals surface area contributed by atoms with Crippen molar-refractivity contribution >= 4 is 15.7 Å². The van der Waals surface area contributed by atoms with Gasteiger partial charge in [-0.1, -0.05) is 20.8 Å². The molecular weight excluding hydrogens is 302 g/mol. The van der Waals surface area contributed by atoms with Gasteiger partial charge in [-0.15, -0.1) is 0 Å². The zero-order valence-corrected chi connectivity index (χ0v) is 13.0. The average Bonchev–Trinajstić information content (AvgIpc) is 2.31. The number of aliphatic hydroxyl groups excluding tert-OH is 1. The maximum absolute atomic E-state index is 13.7. The Bertz CT molecular complexity index is 613. The molecule has 1 atom stereocenters. The van der Waals surface area contributed by atoms with Crippen LogP contribution in [0.15, 0.2) is 17.0 Å². The van der Waals surface area contributed by atoms with Crippen molar-refractivity contribution in [2.45, 2.75) is 38.2 Å². The number of hydrogen-bond donors (Lipinski definition) is 3. The molecule has 0 spiro atoms. The predicted octanol–water partition coefficient (Wildman–Crippen LogP) is 1.62. The first kappa shape index (κ1) is 17.8. The minimum atomic E-state index is -4.21. The highest BCUT2D eigenvalue weighted by Crippen LogP contribution is 2.23. The lowest BCUT2D eigenvalue weighted by atomic mass is 9.89. The summed E-state index contributed by atoms with van der Waals surface area (Å²) in [6.45, 7) is 5.41. The number of nitrogens with one attached hydrogen (secondary N) is 1. The van der Waals surface area contributed by atoms with Crippen molar-refractivity contribution in [1.82, 2.24) is 4.72 Å². The first-order valence-corrected chi connectivity index (χ1v) is 7.83. The second-order valence-corrected chi connectivity index (χ2v) is 7.78. The first-order chi connectivity index (χ1) is 9.44. The Morgan fingerprint density at radius 1 is 1.33 bits per heavy atom. The number of nitrogens with two attached hydrogens (primary N) is 1. The number of halogens is 2. The SMILES string of the molecule is CC(C)(C)CC(O)CNS(=O)(=O)c1ccc(F)c(N)c1F. The van der Waals surface area contributed by atoms with Crippen molar-refractivity contribution < 1.29 is 22.3 Å². The van der Waals surface area contributed by atoms with E-state index in [2.05, 4.69) is 4.72 Å². The Morgan fingerprint density at radius 2 is 1.90 bits per heavy atom. The smallest absolute Gasteiger partial charge is 0.243 e. The van der Waals surface area contributed by atoms with E-state index in [1.165, 1.54) is 0 Å². The van der Waals surface area contributed by atoms with Gasteiger partial charge in [0.1, 0.15) is 16.4 Å². The van der Waals surface area contributed by atoms with E-state index >= 15 is 0 Å². The van der Waals surface area contributed by atoms with Crippen LogP contribution in [0, 0.1) is 17.0 Å². The Morgan fingerprint density at radius 3 is 2.43 bits per heavy atom. The fourth-order valence-corrected chi connectivity index (χ4v) is 2.98. The van der Waals surface area contributed by atoms with E-state index in [0.29, 0.717) is 6.42 Å². The number of benzene rings is 1. The van der Waals surface area contributed by atoms with E-state index < -0.39 is 38.3 Å². The van der Waals surface area contributed by atoms with Gasteiger partial charge >= 0.3 is 0 Å². The minimum Gasteiger partial charge on any atom is -0.394 e. The summed E-state index contributed by atoms with van der Waals surface area (Å²) >= 11 is 0. The number of anilines is 1. The fourth-order valence-electron chi connectivity index (χ4n) is 1.82. The molecule has 1 unspecified atom stereocenters. The molecule has 0 bridgehead atoms. The van der Waals surface area contributed by atoms with Crippen molar-refractivity contribution in [3.8, 4) is 0 Å². The van der Waals surface area contributed by atoms with Gasteiger partial charge in [-0.2, -0.15) is 0 Å². The third-order valence-electron chi connectivity index (χ3n) is 2.74. The molecule has 0 aliphatic heterocycles. The molecule has 8 heteroatoms. The topological polar surface area (TPSA) is 92.4 Å². The van der Waals surface area contributed by atoms with Crippen LogP contribution < -0.4 is 10.5 Å². The molecule has 5 nitrogen and oxygen atoms in total. The highest BCUT2D eigenvalue weighted by Gasteiger charge is 2.24. The van der Waals surface area contributed by atoms with Gasteiger partial charge < -0.3 is 10.8 Å². The molecule has 1 aromatic rings. The van der Waals surface area contributed by atoms with Gasteiger partial charge in [-0.3, -0.25) is 0 Å². The summed E-state index contributed by atoms with van der Waals surface area (Å²) in [6.07, 6.45) is -0.551. The van der Waals surface area contributed by atoms with Gasteiger partial charge in [0.15, 0.2) is 5.82 Å². The van der Waals surface area contributed by atoms with Crippen LogP contribution in [0.4, 0.5) is 14.5 Å². The van der Waals surface area contributed by atoms with Crippen molar-refractivity contribution in [2.75, 3.05) is 12.3 Å². The summed E-state index contributed by atoms with van der Waals surface area (Å²) in [5.74, 6) is -2.37. The van der Waals surface area contributed by atoms with Gasteiger partial charge in [0.05, 0.1) is 6.10 Å². The van der Waals surface area contributed by atoms with E-state index in [1.54, 1.807) is 0 Å². The Labute approximate surface area is 123 Å². The lowest BCUT2D eigenvalue weighted by Gasteiger charge is -2.22. The largest absolute Gasteiger partial charge is 0.394 e. The summed E-state index contributed by atoms with van der Waals surface area (Å²) in [7, 11) is -4.21. The van der Waals surface area contributed by atoms with Crippen LogP contribution in [0.25, 0.3) is 0 Å². The van der Waals surface area contributed by atoms with Gasteiger partial charge in [-0.05, 0) is 24.0 Å². The molecule has 21 heavy (non-hydrogen) atoms. The molecule has 0 fully saturated rings. The zero-order chi connectivity index (χ0) is 16.4. The van der Waals surface area contributed by atoms with Crippen LogP contribution in [-0.4, -0.2) is 26.2 Å². The minimum absolute atomic E-state index is 0.184. The molecule has 4 N–H and O–H groups in total. The number of nitrogen functional groups attached to an aromatic ring is 1. The van der Waals surface area contributed by atoms with Crippen molar-refractivity contribution in [3.63, 3.8) is 0 Å². The molecule has 0 amide bonds. The van der Waals surface area contributed by atoms with Crippen LogP contribution in [0.2, 0.25) is 0 Å². The van der Waals surface area contributed by atoms with Crippen molar-refractivity contribution in [3.05, 3.63) is 23.8 Å². The van der Waals surface area contributed by atoms with Crippen LogP contribution in [0.3, 0.4) is 0 Å². The third kappa shape index (κ3) is 4.90. The molecule has 0 saturated carbocycles. The maximum atomic E-state index is 13.7. The van der Waals surface area contributed by atoms with Gasteiger partial charge in [-0.25, -0.2) is 21.9 Å². The van der Waals surface area contributed by atoms with E-state index in [1.807, 2.05) is 20.8 Å². The summed E-state index contributed by atoms with van der Waals surface area (Å²) in [5.41, 5.74) is 4.09. The number of rotatable bonds is 5. The molecule has 120 valence electrons. The van der Waals surface area contributed by atoms with Crippen molar-refractivity contribution in [2.24, 2.45) is 5.41 Å². The summed E-state index contributed by atoms with van der Waals surface area (Å²) < 4.78 is 52.7. The quantitative estimate of drug-likeness (QED) is 0.718. The summed E-state index contributed by atoms with van der Waals surface area (Å²) in [4.78, 5) is -0.746. The number of aliphatic hydroxyl groups is 1. The Balaban J connectivity index is 2.86. The van der Waals surface area contributed by atoms with Gasteiger partial charge in [0, 0.05) is 6.54 Å². The van der Waals surface area contributed by atoms with Crippen LogP contribution >= 0.6 is 0 Å². The summed E-state index contributed by atoms with van der Waals surface area (Å²) in [6, 6.07) is 1.57. The van der Waals surface area contributed by atoms with Crippen molar-refractivity contribution in [1.29, 1.82) is 0 Å². The molecule has 1 aromatic carbocycles. The van der Waals surface area contributed by atoms with Crippen LogP contribution in [-0.2, 0) is 10.0 Å². The standard InChI is InChI=1S/C13H20F2N2O3S/c1-13(2,3)6-8(18)7-17-21(19,20)10-5-4-9(14)12(16)11(10)15/h4-5,8,17-18H,6-7,16H2,1-3H3. The third-order valence-corrected chi connectivity index (χ3v) is 4.18. The molecule has 0 radical (unpaired) electrons. The molecule has 0 aliphatic carbocycles. The number of hydrogen-bond acceptors (Lipinski definition) is 4. The van der Waals surface area contributed by atoms with Gasteiger partial charge in [0.2, 0.25) is 10.0 Å². The predicted molar refractivity (Wildman–Crippen MR) is 76.0 cm³/mol. The summed E-state index contributed by atoms with van der Waals surface area (Å²) in [5, 5.41) is 9.76. The lowest BCUT2D eigenvalue weighted by molar-refractivity contribution is 0.125. The van der Waals surface area contributed by atoms with E-state index in [4.69, 9.17) is 5.73 Å². The van der Waals surface area contributed by atoms with E-state index in [0.717, 1.165) is 12.1 Å².